The Bertz CT molecular complexity index is 483. The first-order chi connectivity index (χ1) is 10.0. The number of halogens is 1. The molecule has 0 aliphatic heterocycles. The SMILES string of the molecule is O=S(=O)(O)c1ccc(CCCCCCCCCCCl)cc1. The molecule has 0 aliphatic carbocycles. The first kappa shape index (κ1) is 18.5. The molecule has 0 bridgehead atoms. The Morgan fingerprint density at radius 1 is 0.810 bits per heavy atom. The van der Waals surface area contributed by atoms with Crippen LogP contribution in [0.4, 0.5) is 0 Å². The fourth-order valence-corrected chi connectivity index (χ4v) is 2.98. The van der Waals surface area contributed by atoms with Crippen LogP contribution in [0.15, 0.2) is 29.2 Å². The lowest BCUT2D eigenvalue weighted by atomic mass is 10.0. The molecule has 0 atom stereocenters. The van der Waals surface area contributed by atoms with E-state index in [9.17, 15) is 8.42 Å². The van der Waals surface area contributed by atoms with Crippen LogP contribution in [0.25, 0.3) is 0 Å². The number of unbranched alkanes of at least 4 members (excludes halogenated alkanes) is 7. The van der Waals surface area contributed by atoms with Crippen molar-refractivity contribution in [3.8, 4) is 0 Å². The van der Waals surface area contributed by atoms with E-state index in [1.165, 1.54) is 50.7 Å². The van der Waals surface area contributed by atoms with Gasteiger partial charge in [0.2, 0.25) is 0 Å². The number of aryl methyl sites for hydroxylation is 1. The highest BCUT2D eigenvalue weighted by Crippen LogP contribution is 2.14. The molecule has 0 unspecified atom stereocenters. The molecule has 1 rings (SSSR count). The van der Waals surface area contributed by atoms with Crippen LogP contribution in [0.3, 0.4) is 0 Å². The van der Waals surface area contributed by atoms with Gasteiger partial charge in [-0.2, -0.15) is 8.42 Å². The van der Waals surface area contributed by atoms with Crippen molar-refractivity contribution in [3.63, 3.8) is 0 Å². The van der Waals surface area contributed by atoms with Gasteiger partial charge >= 0.3 is 0 Å². The van der Waals surface area contributed by atoms with Crippen LogP contribution in [0.2, 0.25) is 0 Å². The van der Waals surface area contributed by atoms with Crippen molar-refractivity contribution in [2.24, 2.45) is 0 Å². The van der Waals surface area contributed by atoms with Gasteiger partial charge in [0.1, 0.15) is 0 Å². The van der Waals surface area contributed by atoms with Crippen LogP contribution in [0.1, 0.15) is 56.9 Å². The normalized spacial score (nSPS) is 11.7. The predicted octanol–water partition coefficient (Wildman–Crippen LogP) is 4.84. The van der Waals surface area contributed by atoms with Crippen molar-refractivity contribution in [1.29, 1.82) is 0 Å². The summed E-state index contributed by atoms with van der Waals surface area (Å²) in [6, 6.07) is 6.47. The third-order valence-corrected chi connectivity index (χ3v) is 4.71. The summed E-state index contributed by atoms with van der Waals surface area (Å²) in [4.78, 5) is -0.0387. The lowest BCUT2D eigenvalue weighted by molar-refractivity contribution is 0.483. The number of alkyl halides is 1. The van der Waals surface area contributed by atoms with E-state index in [-0.39, 0.29) is 4.90 Å². The maximum atomic E-state index is 10.9. The molecule has 0 fully saturated rings. The van der Waals surface area contributed by atoms with E-state index in [0.29, 0.717) is 0 Å². The minimum atomic E-state index is -4.07. The molecule has 0 aliphatic rings. The van der Waals surface area contributed by atoms with E-state index >= 15 is 0 Å². The summed E-state index contributed by atoms with van der Waals surface area (Å²) in [6.07, 6.45) is 10.8. The highest BCUT2D eigenvalue weighted by molar-refractivity contribution is 7.85. The van der Waals surface area contributed by atoms with Gasteiger partial charge in [-0.25, -0.2) is 0 Å². The summed E-state index contributed by atoms with van der Waals surface area (Å²) < 4.78 is 30.7. The molecule has 21 heavy (non-hydrogen) atoms. The first-order valence-electron chi connectivity index (χ1n) is 7.66. The Labute approximate surface area is 133 Å². The average Bonchev–Trinajstić information content (AvgIpc) is 2.45. The number of benzene rings is 1. The molecule has 0 heterocycles. The molecule has 120 valence electrons. The van der Waals surface area contributed by atoms with E-state index in [0.717, 1.165) is 30.7 Å². The Kier molecular flexibility index (Phi) is 8.97. The third-order valence-electron chi connectivity index (χ3n) is 3.57. The summed E-state index contributed by atoms with van der Waals surface area (Å²) in [5.41, 5.74) is 1.12. The second kappa shape index (κ2) is 10.2. The second-order valence-electron chi connectivity index (χ2n) is 5.39. The maximum absolute atomic E-state index is 10.9. The highest BCUT2D eigenvalue weighted by atomic mass is 35.5. The number of rotatable bonds is 11. The van der Waals surface area contributed by atoms with Crippen molar-refractivity contribution in [3.05, 3.63) is 29.8 Å². The van der Waals surface area contributed by atoms with Gasteiger partial charge in [-0.15, -0.1) is 11.6 Å². The van der Waals surface area contributed by atoms with E-state index in [1.54, 1.807) is 12.1 Å². The van der Waals surface area contributed by atoms with Gasteiger partial charge in [0.15, 0.2) is 0 Å². The molecule has 1 aromatic carbocycles. The molecule has 1 aromatic rings. The summed E-state index contributed by atoms with van der Waals surface area (Å²) in [5, 5.41) is 0. The predicted molar refractivity (Wildman–Crippen MR) is 87.6 cm³/mol. The van der Waals surface area contributed by atoms with Crippen molar-refractivity contribution in [2.45, 2.75) is 62.7 Å². The molecule has 0 saturated heterocycles. The molecule has 1 N–H and O–H groups in total. The van der Waals surface area contributed by atoms with Crippen molar-refractivity contribution in [2.75, 3.05) is 5.88 Å². The lowest BCUT2D eigenvalue weighted by Gasteiger charge is -2.03. The standard InChI is InChI=1S/C16H25ClO3S/c17-14-8-6-4-2-1-3-5-7-9-15-10-12-16(13-11-15)21(18,19)20/h10-13H,1-9,14H2,(H,18,19,20). The quantitative estimate of drug-likeness (QED) is 0.358. The van der Waals surface area contributed by atoms with Crippen molar-refractivity contribution in [1.82, 2.24) is 0 Å². The fraction of sp³-hybridized carbons (Fsp3) is 0.625. The van der Waals surface area contributed by atoms with Gasteiger partial charge in [-0.05, 0) is 37.0 Å². The molecular weight excluding hydrogens is 308 g/mol. The minimum absolute atomic E-state index is 0.0387. The molecule has 0 aromatic heterocycles. The molecule has 0 amide bonds. The van der Waals surface area contributed by atoms with E-state index in [2.05, 4.69) is 0 Å². The smallest absolute Gasteiger partial charge is 0.282 e. The van der Waals surface area contributed by atoms with Crippen LogP contribution in [0, 0.1) is 0 Å². The molecule has 0 spiro atoms. The fourth-order valence-electron chi connectivity index (χ4n) is 2.31. The Hall–Kier alpha value is -0.580. The maximum Gasteiger partial charge on any atom is 0.294 e. The lowest BCUT2D eigenvalue weighted by Crippen LogP contribution is -1.98. The van der Waals surface area contributed by atoms with E-state index in [1.807, 2.05) is 0 Å². The van der Waals surface area contributed by atoms with Crippen LogP contribution in [0.5, 0.6) is 0 Å². The van der Waals surface area contributed by atoms with Crippen LogP contribution < -0.4 is 0 Å². The van der Waals surface area contributed by atoms with Gasteiger partial charge in [-0.3, -0.25) is 4.55 Å². The van der Waals surface area contributed by atoms with Crippen molar-refractivity contribution < 1.29 is 13.0 Å². The van der Waals surface area contributed by atoms with Crippen LogP contribution in [-0.4, -0.2) is 18.9 Å². The third kappa shape index (κ3) is 8.44. The zero-order chi connectivity index (χ0) is 15.6. The van der Waals surface area contributed by atoms with E-state index < -0.39 is 10.1 Å². The Morgan fingerprint density at radius 3 is 1.76 bits per heavy atom. The number of hydrogen-bond acceptors (Lipinski definition) is 2. The van der Waals surface area contributed by atoms with Crippen molar-refractivity contribution >= 4 is 21.7 Å². The van der Waals surface area contributed by atoms with Gasteiger partial charge in [0, 0.05) is 5.88 Å². The number of hydrogen-bond donors (Lipinski definition) is 1. The monoisotopic (exact) mass is 332 g/mol. The van der Waals surface area contributed by atoms with E-state index in [4.69, 9.17) is 16.2 Å². The van der Waals surface area contributed by atoms with Gasteiger partial charge in [0.05, 0.1) is 4.90 Å². The molecule has 5 heteroatoms. The topological polar surface area (TPSA) is 54.4 Å². The zero-order valence-corrected chi connectivity index (χ0v) is 14.0. The first-order valence-corrected chi connectivity index (χ1v) is 9.64. The van der Waals surface area contributed by atoms with Crippen LogP contribution in [-0.2, 0) is 16.5 Å². The van der Waals surface area contributed by atoms with Gasteiger partial charge < -0.3 is 0 Å². The molecular formula is C16H25ClO3S. The summed E-state index contributed by atoms with van der Waals surface area (Å²) in [7, 11) is -4.07. The minimum Gasteiger partial charge on any atom is -0.282 e. The summed E-state index contributed by atoms with van der Waals surface area (Å²) >= 11 is 5.63. The van der Waals surface area contributed by atoms with Crippen LogP contribution >= 0.6 is 11.6 Å². The Morgan fingerprint density at radius 2 is 1.29 bits per heavy atom. The molecule has 0 radical (unpaired) electrons. The summed E-state index contributed by atoms with van der Waals surface area (Å²) in [6.45, 7) is 0. The van der Waals surface area contributed by atoms with Gasteiger partial charge in [0.25, 0.3) is 10.1 Å². The Balaban J connectivity index is 2.10. The zero-order valence-electron chi connectivity index (χ0n) is 12.4. The second-order valence-corrected chi connectivity index (χ2v) is 7.19. The highest BCUT2D eigenvalue weighted by Gasteiger charge is 2.08. The molecule has 3 nitrogen and oxygen atoms in total. The average molecular weight is 333 g/mol. The summed E-state index contributed by atoms with van der Waals surface area (Å²) in [5.74, 6) is 0.774. The largest absolute Gasteiger partial charge is 0.294 e. The molecule has 0 saturated carbocycles. The van der Waals surface area contributed by atoms with Gasteiger partial charge in [-0.1, -0.05) is 50.7 Å².